The molecule has 0 aliphatic heterocycles. The summed E-state index contributed by atoms with van der Waals surface area (Å²) in [5.41, 5.74) is 3.71. The Bertz CT molecular complexity index is 512. The SMILES string of the molecule is O=C(NN=Cc1ccc(Br)cc1)C1[C@@H]2CCCCCC[C@@H]12. The van der Waals surface area contributed by atoms with E-state index in [0.717, 1.165) is 10.0 Å². The predicted molar refractivity (Wildman–Crippen MR) is 88.1 cm³/mol. The Morgan fingerprint density at radius 3 is 2.33 bits per heavy atom. The molecular weight excluding hydrogens is 328 g/mol. The van der Waals surface area contributed by atoms with Gasteiger partial charge in [-0.15, -0.1) is 0 Å². The van der Waals surface area contributed by atoms with Crippen LogP contribution in [0.25, 0.3) is 0 Å². The van der Waals surface area contributed by atoms with Crippen molar-refractivity contribution in [3.63, 3.8) is 0 Å². The Kier molecular flexibility index (Phi) is 4.73. The zero-order chi connectivity index (χ0) is 14.7. The van der Waals surface area contributed by atoms with Crippen molar-refractivity contribution in [3.05, 3.63) is 34.3 Å². The summed E-state index contributed by atoms with van der Waals surface area (Å²) >= 11 is 3.40. The summed E-state index contributed by atoms with van der Waals surface area (Å²) < 4.78 is 1.04. The molecule has 21 heavy (non-hydrogen) atoms. The molecule has 0 radical (unpaired) electrons. The average molecular weight is 349 g/mol. The predicted octanol–water partition coefficient (Wildman–Crippen LogP) is 4.12. The number of nitrogens with one attached hydrogen (secondary N) is 1. The minimum Gasteiger partial charge on any atom is -0.273 e. The number of carbonyl (C=O) groups is 1. The summed E-state index contributed by atoms with van der Waals surface area (Å²) in [6, 6.07) is 7.85. The van der Waals surface area contributed by atoms with E-state index in [2.05, 4.69) is 26.5 Å². The molecule has 4 heteroatoms. The van der Waals surface area contributed by atoms with Crippen molar-refractivity contribution in [2.24, 2.45) is 22.9 Å². The molecule has 2 saturated carbocycles. The third-order valence-corrected chi connectivity index (χ3v) is 5.25. The van der Waals surface area contributed by atoms with Crippen LogP contribution in [0, 0.1) is 17.8 Å². The normalized spacial score (nSPS) is 28.5. The van der Waals surface area contributed by atoms with Gasteiger partial charge in [0.2, 0.25) is 5.91 Å². The van der Waals surface area contributed by atoms with Crippen molar-refractivity contribution >= 4 is 28.1 Å². The maximum atomic E-state index is 12.2. The monoisotopic (exact) mass is 348 g/mol. The second-order valence-corrected chi connectivity index (χ2v) is 7.05. The fourth-order valence-corrected chi connectivity index (χ4v) is 3.79. The summed E-state index contributed by atoms with van der Waals surface area (Å²) in [7, 11) is 0. The van der Waals surface area contributed by atoms with Crippen LogP contribution in [0.1, 0.15) is 44.1 Å². The lowest BCUT2D eigenvalue weighted by molar-refractivity contribution is -0.122. The second kappa shape index (κ2) is 6.73. The van der Waals surface area contributed by atoms with Gasteiger partial charge in [0, 0.05) is 10.4 Å². The Labute approximate surface area is 134 Å². The van der Waals surface area contributed by atoms with Crippen LogP contribution in [0.5, 0.6) is 0 Å². The lowest BCUT2D eigenvalue weighted by Crippen LogP contribution is -2.21. The Hall–Kier alpha value is -1.16. The zero-order valence-electron chi connectivity index (χ0n) is 12.1. The van der Waals surface area contributed by atoms with Crippen molar-refractivity contribution in [1.82, 2.24) is 5.43 Å². The maximum absolute atomic E-state index is 12.2. The molecule has 2 aliphatic carbocycles. The molecule has 112 valence electrons. The molecule has 2 aliphatic rings. The summed E-state index contributed by atoms with van der Waals surface area (Å²) in [5.74, 6) is 1.56. The molecule has 0 spiro atoms. The molecule has 3 nitrogen and oxygen atoms in total. The van der Waals surface area contributed by atoms with Gasteiger partial charge in [-0.25, -0.2) is 5.43 Å². The van der Waals surface area contributed by atoms with Crippen molar-refractivity contribution < 1.29 is 4.79 Å². The average Bonchev–Trinajstić information content (AvgIpc) is 3.12. The Morgan fingerprint density at radius 2 is 1.71 bits per heavy atom. The number of carbonyl (C=O) groups excluding carboxylic acids is 1. The lowest BCUT2D eigenvalue weighted by atomic mass is 10.0. The largest absolute Gasteiger partial charge is 0.273 e. The molecule has 1 aromatic carbocycles. The van der Waals surface area contributed by atoms with Crippen LogP contribution < -0.4 is 5.43 Å². The van der Waals surface area contributed by atoms with Gasteiger partial charge in [-0.1, -0.05) is 53.7 Å². The smallest absolute Gasteiger partial charge is 0.243 e. The van der Waals surface area contributed by atoms with Crippen molar-refractivity contribution in [2.45, 2.75) is 38.5 Å². The van der Waals surface area contributed by atoms with E-state index in [9.17, 15) is 4.79 Å². The second-order valence-electron chi connectivity index (χ2n) is 6.13. The quantitative estimate of drug-likeness (QED) is 0.647. The highest BCUT2D eigenvalue weighted by Crippen LogP contribution is 2.53. The molecule has 1 N–H and O–H groups in total. The van der Waals surface area contributed by atoms with E-state index in [4.69, 9.17) is 0 Å². The third kappa shape index (κ3) is 3.73. The molecule has 0 bridgehead atoms. The topological polar surface area (TPSA) is 41.5 Å². The number of hydrazone groups is 1. The van der Waals surface area contributed by atoms with Gasteiger partial charge in [0.25, 0.3) is 0 Å². The number of benzene rings is 1. The number of rotatable bonds is 3. The summed E-state index contributed by atoms with van der Waals surface area (Å²) in [6.07, 6.45) is 9.38. The molecular formula is C17H21BrN2O. The van der Waals surface area contributed by atoms with Gasteiger partial charge in [-0.3, -0.25) is 4.79 Å². The van der Waals surface area contributed by atoms with Crippen molar-refractivity contribution in [1.29, 1.82) is 0 Å². The molecule has 2 fully saturated rings. The maximum Gasteiger partial charge on any atom is 0.243 e. The summed E-state index contributed by atoms with van der Waals surface area (Å²) in [5, 5.41) is 4.10. The van der Waals surface area contributed by atoms with Crippen molar-refractivity contribution in [2.75, 3.05) is 0 Å². The van der Waals surface area contributed by atoms with Gasteiger partial charge in [-0.05, 0) is 42.4 Å². The first kappa shape index (κ1) is 14.8. The van der Waals surface area contributed by atoms with Crippen LogP contribution in [-0.4, -0.2) is 12.1 Å². The van der Waals surface area contributed by atoms with E-state index >= 15 is 0 Å². The lowest BCUT2D eigenvalue weighted by Gasteiger charge is -2.04. The minimum absolute atomic E-state index is 0.111. The Morgan fingerprint density at radius 1 is 1.10 bits per heavy atom. The fourth-order valence-electron chi connectivity index (χ4n) is 3.53. The first-order valence-electron chi connectivity index (χ1n) is 7.84. The molecule has 0 heterocycles. The molecule has 1 amide bonds. The number of nitrogens with zero attached hydrogens (tertiary/aromatic N) is 1. The van der Waals surface area contributed by atoms with E-state index in [1.165, 1.54) is 38.5 Å². The number of fused-ring (bicyclic) bond motifs is 1. The molecule has 0 aromatic heterocycles. The van der Waals surface area contributed by atoms with E-state index in [-0.39, 0.29) is 11.8 Å². The number of hydrogen-bond donors (Lipinski definition) is 1. The van der Waals surface area contributed by atoms with Crippen LogP contribution in [-0.2, 0) is 4.79 Å². The highest BCUT2D eigenvalue weighted by Gasteiger charge is 2.53. The summed E-state index contributed by atoms with van der Waals surface area (Å²) in [6.45, 7) is 0. The highest BCUT2D eigenvalue weighted by molar-refractivity contribution is 9.10. The van der Waals surface area contributed by atoms with Crippen LogP contribution in [0.4, 0.5) is 0 Å². The molecule has 0 saturated heterocycles. The Balaban J connectivity index is 1.51. The molecule has 2 atom stereocenters. The fraction of sp³-hybridized carbons (Fsp3) is 0.529. The van der Waals surface area contributed by atoms with Crippen molar-refractivity contribution in [3.8, 4) is 0 Å². The standard InChI is InChI=1S/C17H21BrN2O/c18-13-9-7-12(8-10-13)11-19-20-17(21)16-14-5-3-1-2-4-6-15(14)16/h7-11,14-16H,1-6H2,(H,20,21)/t14-,15-/m1/s1. The third-order valence-electron chi connectivity index (χ3n) is 4.72. The van der Waals surface area contributed by atoms with Crippen LogP contribution in [0.3, 0.4) is 0 Å². The van der Waals surface area contributed by atoms with Gasteiger partial charge < -0.3 is 0 Å². The van der Waals surface area contributed by atoms with Gasteiger partial charge in [-0.2, -0.15) is 5.10 Å². The first-order chi connectivity index (χ1) is 10.3. The van der Waals surface area contributed by atoms with E-state index in [1.807, 2.05) is 24.3 Å². The molecule has 0 unspecified atom stereocenters. The molecule has 1 aromatic rings. The zero-order valence-corrected chi connectivity index (χ0v) is 13.7. The van der Waals surface area contributed by atoms with E-state index < -0.39 is 0 Å². The van der Waals surface area contributed by atoms with Crippen LogP contribution in [0.2, 0.25) is 0 Å². The molecule has 3 rings (SSSR count). The van der Waals surface area contributed by atoms with E-state index in [1.54, 1.807) is 6.21 Å². The van der Waals surface area contributed by atoms with Gasteiger partial charge in [0.15, 0.2) is 0 Å². The highest BCUT2D eigenvalue weighted by atomic mass is 79.9. The van der Waals surface area contributed by atoms with Crippen LogP contribution in [0.15, 0.2) is 33.8 Å². The van der Waals surface area contributed by atoms with Gasteiger partial charge in [0.1, 0.15) is 0 Å². The minimum atomic E-state index is 0.111. The summed E-state index contributed by atoms with van der Waals surface area (Å²) in [4.78, 5) is 12.2. The first-order valence-corrected chi connectivity index (χ1v) is 8.63. The van der Waals surface area contributed by atoms with Crippen LogP contribution >= 0.6 is 15.9 Å². The van der Waals surface area contributed by atoms with Gasteiger partial charge >= 0.3 is 0 Å². The van der Waals surface area contributed by atoms with E-state index in [0.29, 0.717) is 11.8 Å². The van der Waals surface area contributed by atoms with Gasteiger partial charge in [0.05, 0.1) is 6.21 Å². The number of amides is 1. The number of hydrogen-bond acceptors (Lipinski definition) is 2. The number of halogens is 1.